The maximum Gasteiger partial charge on any atom is 0.325 e. The normalized spacial score (nSPS) is 19.7. The fourth-order valence-electron chi connectivity index (χ4n) is 2.79. The summed E-state index contributed by atoms with van der Waals surface area (Å²) in [6.07, 6.45) is 0.752. The molecule has 1 fully saturated rings. The predicted molar refractivity (Wildman–Crippen MR) is 93.3 cm³/mol. The molecule has 2 aromatic rings. The van der Waals surface area contributed by atoms with Crippen molar-refractivity contribution >= 4 is 11.9 Å². The number of carbonyl (C=O) groups excluding carboxylic acids is 1. The van der Waals surface area contributed by atoms with Crippen LogP contribution >= 0.6 is 0 Å². The first-order valence-electron chi connectivity index (χ1n) is 8.34. The van der Waals surface area contributed by atoms with Gasteiger partial charge in [-0.1, -0.05) is 42.5 Å². The molecule has 0 radical (unpaired) electrons. The van der Waals surface area contributed by atoms with E-state index in [1.165, 1.54) is 6.92 Å². The zero-order valence-electron chi connectivity index (χ0n) is 14.0. The zero-order valence-corrected chi connectivity index (χ0v) is 14.0. The Kier molecular flexibility index (Phi) is 5.03. The SMILES string of the molecule is C[C@@H](NC(=O)C1CC1c1ccc(OCc2ccccc2)cc1)C(=O)O. The summed E-state index contributed by atoms with van der Waals surface area (Å²) >= 11 is 0. The van der Waals surface area contributed by atoms with E-state index in [0.29, 0.717) is 6.61 Å². The van der Waals surface area contributed by atoms with Crippen LogP contribution in [-0.4, -0.2) is 23.0 Å². The van der Waals surface area contributed by atoms with Crippen LogP contribution in [0.3, 0.4) is 0 Å². The molecule has 25 heavy (non-hydrogen) atoms. The van der Waals surface area contributed by atoms with Gasteiger partial charge in [0, 0.05) is 5.92 Å². The fourth-order valence-corrected chi connectivity index (χ4v) is 2.79. The van der Waals surface area contributed by atoms with Crippen LogP contribution in [0.5, 0.6) is 5.75 Å². The Hall–Kier alpha value is -2.82. The summed E-state index contributed by atoms with van der Waals surface area (Å²) in [5.74, 6) is -0.411. The Balaban J connectivity index is 1.51. The number of rotatable bonds is 7. The highest BCUT2D eigenvalue weighted by atomic mass is 16.5. The molecule has 1 amide bonds. The summed E-state index contributed by atoms with van der Waals surface area (Å²) in [5.41, 5.74) is 2.19. The molecule has 0 saturated heterocycles. The second kappa shape index (κ2) is 7.38. The van der Waals surface area contributed by atoms with Gasteiger partial charge in [-0.25, -0.2) is 0 Å². The molecule has 2 aromatic carbocycles. The van der Waals surface area contributed by atoms with Gasteiger partial charge in [0.05, 0.1) is 0 Å². The van der Waals surface area contributed by atoms with E-state index < -0.39 is 12.0 Å². The van der Waals surface area contributed by atoms with E-state index in [2.05, 4.69) is 5.32 Å². The fraction of sp³-hybridized carbons (Fsp3) is 0.300. The molecule has 0 aromatic heterocycles. The molecular weight excluding hydrogens is 318 g/mol. The minimum Gasteiger partial charge on any atom is -0.489 e. The maximum atomic E-state index is 12.0. The third kappa shape index (κ3) is 4.38. The van der Waals surface area contributed by atoms with Crippen molar-refractivity contribution in [1.82, 2.24) is 5.32 Å². The number of hydrogen-bond acceptors (Lipinski definition) is 3. The number of ether oxygens (including phenoxy) is 1. The Bertz CT molecular complexity index is 742. The van der Waals surface area contributed by atoms with Crippen LogP contribution in [-0.2, 0) is 16.2 Å². The van der Waals surface area contributed by atoms with Crippen LogP contribution in [0.2, 0.25) is 0 Å². The molecular formula is C20H21NO4. The second-order valence-electron chi connectivity index (χ2n) is 6.36. The van der Waals surface area contributed by atoms with Crippen molar-refractivity contribution in [2.24, 2.45) is 5.92 Å². The summed E-state index contributed by atoms with van der Waals surface area (Å²) in [6.45, 7) is 1.98. The molecule has 0 aliphatic heterocycles. The largest absolute Gasteiger partial charge is 0.489 e. The Morgan fingerprint density at radius 1 is 1.16 bits per heavy atom. The van der Waals surface area contributed by atoms with Crippen molar-refractivity contribution in [2.45, 2.75) is 31.9 Å². The molecule has 1 aliphatic rings. The Morgan fingerprint density at radius 3 is 2.48 bits per heavy atom. The molecule has 0 heterocycles. The molecule has 3 atom stereocenters. The highest BCUT2D eigenvalue weighted by Crippen LogP contribution is 2.47. The van der Waals surface area contributed by atoms with E-state index in [1.807, 2.05) is 54.6 Å². The Morgan fingerprint density at radius 2 is 1.84 bits per heavy atom. The molecule has 1 aliphatic carbocycles. The minimum atomic E-state index is -1.02. The first-order chi connectivity index (χ1) is 12.0. The average molecular weight is 339 g/mol. The van der Waals surface area contributed by atoms with Crippen LogP contribution < -0.4 is 10.1 Å². The molecule has 5 nitrogen and oxygen atoms in total. The number of aliphatic carboxylic acids is 1. The molecule has 1 saturated carbocycles. The van der Waals surface area contributed by atoms with E-state index in [-0.39, 0.29) is 17.7 Å². The van der Waals surface area contributed by atoms with Crippen molar-refractivity contribution < 1.29 is 19.4 Å². The number of carboxylic acids is 1. The van der Waals surface area contributed by atoms with E-state index in [0.717, 1.165) is 23.3 Å². The van der Waals surface area contributed by atoms with Gasteiger partial charge >= 0.3 is 5.97 Å². The smallest absolute Gasteiger partial charge is 0.325 e. The standard InChI is InChI=1S/C20H21NO4/c1-13(20(23)24)21-19(22)18-11-17(18)15-7-9-16(10-8-15)25-12-14-5-3-2-4-6-14/h2-10,13,17-18H,11-12H2,1H3,(H,21,22)(H,23,24)/t13-,17?,18?/m1/s1. The van der Waals surface area contributed by atoms with Crippen molar-refractivity contribution in [3.63, 3.8) is 0 Å². The van der Waals surface area contributed by atoms with Crippen molar-refractivity contribution in [2.75, 3.05) is 0 Å². The number of carboxylic acid groups (broad SMARTS) is 1. The summed E-state index contributed by atoms with van der Waals surface area (Å²) < 4.78 is 5.76. The monoisotopic (exact) mass is 339 g/mol. The van der Waals surface area contributed by atoms with Crippen LogP contribution in [0.25, 0.3) is 0 Å². The molecule has 2 unspecified atom stereocenters. The van der Waals surface area contributed by atoms with Gasteiger partial charge in [0.15, 0.2) is 0 Å². The highest BCUT2D eigenvalue weighted by Gasteiger charge is 2.44. The molecule has 130 valence electrons. The van der Waals surface area contributed by atoms with Crippen LogP contribution in [0.1, 0.15) is 30.4 Å². The van der Waals surface area contributed by atoms with Crippen molar-refractivity contribution in [3.05, 3.63) is 65.7 Å². The summed E-state index contributed by atoms with van der Waals surface area (Å²) in [4.78, 5) is 22.8. The van der Waals surface area contributed by atoms with Crippen LogP contribution in [0, 0.1) is 5.92 Å². The molecule has 5 heteroatoms. The number of carbonyl (C=O) groups is 2. The summed E-state index contributed by atoms with van der Waals surface area (Å²) in [7, 11) is 0. The van der Waals surface area contributed by atoms with Gasteiger partial charge in [0.25, 0.3) is 0 Å². The van der Waals surface area contributed by atoms with Crippen LogP contribution in [0.4, 0.5) is 0 Å². The molecule has 0 bridgehead atoms. The van der Waals surface area contributed by atoms with Gasteiger partial charge < -0.3 is 15.2 Å². The molecule has 0 spiro atoms. The third-order valence-corrected chi connectivity index (χ3v) is 4.41. The summed E-state index contributed by atoms with van der Waals surface area (Å²) in [5, 5.41) is 11.4. The van der Waals surface area contributed by atoms with Gasteiger partial charge in [0.1, 0.15) is 18.4 Å². The second-order valence-corrected chi connectivity index (χ2v) is 6.36. The quantitative estimate of drug-likeness (QED) is 0.813. The van der Waals surface area contributed by atoms with Gasteiger partial charge in [-0.3, -0.25) is 9.59 Å². The minimum absolute atomic E-state index is 0.141. The lowest BCUT2D eigenvalue weighted by atomic mass is 10.1. The third-order valence-electron chi connectivity index (χ3n) is 4.41. The van der Waals surface area contributed by atoms with E-state index in [9.17, 15) is 9.59 Å². The number of hydrogen-bond donors (Lipinski definition) is 2. The molecule has 2 N–H and O–H groups in total. The van der Waals surface area contributed by atoms with Crippen molar-refractivity contribution in [1.29, 1.82) is 0 Å². The van der Waals surface area contributed by atoms with E-state index in [4.69, 9.17) is 9.84 Å². The van der Waals surface area contributed by atoms with Gasteiger partial charge in [0.2, 0.25) is 5.91 Å². The molecule has 3 rings (SSSR count). The van der Waals surface area contributed by atoms with E-state index >= 15 is 0 Å². The number of amides is 1. The highest BCUT2D eigenvalue weighted by molar-refractivity contribution is 5.87. The first kappa shape index (κ1) is 17.0. The van der Waals surface area contributed by atoms with Gasteiger partial charge in [-0.2, -0.15) is 0 Å². The topological polar surface area (TPSA) is 75.6 Å². The lowest BCUT2D eigenvalue weighted by molar-refractivity contribution is -0.141. The average Bonchev–Trinajstić information content (AvgIpc) is 3.42. The maximum absolute atomic E-state index is 12.0. The zero-order chi connectivity index (χ0) is 17.8. The predicted octanol–water partition coefficient (Wildman–Crippen LogP) is 2.96. The lowest BCUT2D eigenvalue weighted by Gasteiger charge is -2.09. The van der Waals surface area contributed by atoms with Crippen molar-refractivity contribution in [3.8, 4) is 5.75 Å². The van der Waals surface area contributed by atoms with Crippen LogP contribution in [0.15, 0.2) is 54.6 Å². The van der Waals surface area contributed by atoms with E-state index in [1.54, 1.807) is 0 Å². The number of nitrogens with one attached hydrogen (secondary N) is 1. The van der Waals surface area contributed by atoms with Gasteiger partial charge in [-0.05, 0) is 42.5 Å². The lowest BCUT2D eigenvalue weighted by Crippen LogP contribution is -2.39. The Labute approximate surface area is 146 Å². The summed E-state index contributed by atoms with van der Waals surface area (Å²) in [6, 6.07) is 16.9. The number of benzene rings is 2. The van der Waals surface area contributed by atoms with Gasteiger partial charge in [-0.15, -0.1) is 0 Å². The first-order valence-corrected chi connectivity index (χ1v) is 8.34.